The molecule has 0 aliphatic carbocycles. The zero-order valence-corrected chi connectivity index (χ0v) is 12.4. The summed E-state index contributed by atoms with van der Waals surface area (Å²) in [5.74, 6) is 0.596. The molecule has 0 spiro atoms. The maximum absolute atomic E-state index is 6.10. The fourth-order valence-corrected chi connectivity index (χ4v) is 1.99. The first kappa shape index (κ1) is 15.0. The number of nitrogen functional groups attached to an aromatic ring is 1. The van der Waals surface area contributed by atoms with Gasteiger partial charge in [0.1, 0.15) is 16.5 Å². The van der Waals surface area contributed by atoms with Crippen molar-refractivity contribution in [2.75, 3.05) is 20.0 Å². The van der Waals surface area contributed by atoms with Crippen LogP contribution in [-0.4, -0.2) is 24.2 Å². The third kappa shape index (κ3) is 3.02. The minimum Gasteiger partial charge on any atom is -0.382 e. The SMILES string of the molecule is COC(OC)c1nc(-c2ccc(Cl)cc2)nc(N)c1Cl. The van der Waals surface area contributed by atoms with Crippen molar-refractivity contribution in [3.8, 4) is 11.4 Å². The second-order valence-corrected chi connectivity index (χ2v) is 4.76. The Labute approximate surface area is 126 Å². The minimum atomic E-state index is -0.709. The summed E-state index contributed by atoms with van der Waals surface area (Å²) >= 11 is 12.0. The van der Waals surface area contributed by atoms with Crippen LogP contribution in [0.25, 0.3) is 11.4 Å². The molecule has 0 aliphatic heterocycles. The number of anilines is 1. The van der Waals surface area contributed by atoms with Crippen molar-refractivity contribution in [3.05, 3.63) is 40.0 Å². The van der Waals surface area contributed by atoms with E-state index in [1.165, 1.54) is 14.2 Å². The lowest BCUT2D eigenvalue weighted by Gasteiger charge is -2.16. The number of aromatic nitrogens is 2. The van der Waals surface area contributed by atoms with Gasteiger partial charge < -0.3 is 15.2 Å². The number of benzene rings is 1. The number of hydrogen-bond donors (Lipinski definition) is 1. The molecule has 106 valence electrons. The number of hydrogen-bond acceptors (Lipinski definition) is 5. The predicted octanol–water partition coefficient (Wildman–Crippen LogP) is 3.32. The van der Waals surface area contributed by atoms with Crippen LogP contribution in [0.2, 0.25) is 10.0 Å². The zero-order chi connectivity index (χ0) is 14.7. The van der Waals surface area contributed by atoms with Gasteiger partial charge in [0.25, 0.3) is 0 Å². The summed E-state index contributed by atoms with van der Waals surface area (Å²) in [5.41, 5.74) is 6.97. The fraction of sp³-hybridized carbons (Fsp3) is 0.231. The van der Waals surface area contributed by atoms with E-state index in [2.05, 4.69) is 9.97 Å². The van der Waals surface area contributed by atoms with Crippen LogP contribution in [-0.2, 0) is 9.47 Å². The molecule has 7 heteroatoms. The second-order valence-electron chi connectivity index (χ2n) is 3.94. The van der Waals surface area contributed by atoms with E-state index >= 15 is 0 Å². The first-order chi connectivity index (χ1) is 9.56. The largest absolute Gasteiger partial charge is 0.382 e. The van der Waals surface area contributed by atoms with E-state index in [1.54, 1.807) is 24.3 Å². The van der Waals surface area contributed by atoms with E-state index in [9.17, 15) is 0 Å². The molecule has 2 rings (SSSR count). The second kappa shape index (κ2) is 6.37. The van der Waals surface area contributed by atoms with Crippen molar-refractivity contribution < 1.29 is 9.47 Å². The van der Waals surface area contributed by atoms with Crippen LogP contribution in [0.4, 0.5) is 5.82 Å². The molecule has 0 atom stereocenters. The van der Waals surface area contributed by atoms with Crippen LogP contribution in [0.1, 0.15) is 12.0 Å². The Morgan fingerprint density at radius 2 is 1.65 bits per heavy atom. The van der Waals surface area contributed by atoms with Crippen molar-refractivity contribution in [2.45, 2.75) is 6.29 Å². The van der Waals surface area contributed by atoms with Gasteiger partial charge in [-0.05, 0) is 24.3 Å². The van der Waals surface area contributed by atoms with Crippen molar-refractivity contribution >= 4 is 29.0 Å². The molecule has 0 unspecified atom stereocenters. The fourth-order valence-electron chi connectivity index (χ4n) is 1.69. The highest BCUT2D eigenvalue weighted by molar-refractivity contribution is 6.33. The van der Waals surface area contributed by atoms with E-state index in [4.69, 9.17) is 38.4 Å². The van der Waals surface area contributed by atoms with Gasteiger partial charge in [0, 0.05) is 24.8 Å². The first-order valence-electron chi connectivity index (χ1n) is 5.71. The van der Waals surface area contributed by atoms with Crippen LogP contribution in [0.3, 0.4) is 0 Å². The average Bonchev–Trinajstić information content (AvgIpc) is 2.45. The van der Waals surface area contributed by atoms with E-state index in [1.807, 2.05) is 0 Å². The molecule has 0 bridgehead atoms. The van der Waals surface area contributed by atoms with Crippen molar-refractivity contribution in [2.24, 2.45) is 0 Å². The topological polar surface area (TPSA) is 70.3 Å². The summed E-state index contributed by atoms with van der Waals surface area (Å²) in [5, 5.41) is 0.846. The molecular weight excluding hydrogens is 301 g/mol. The Kier molecular flexibility index (Phi) is 4.77. The molecule has 20 heavy (non-hydrogen) atoms. The third-order valence-electron chi connectivity index (χ3n) is 2.66. The van der Waals surface area contributed by atoms with Gasteiger partial charge in [-0.15, -0.1) is 0 Å². The Hall–Kier alpha value is -1.40. The smallest absolute Gasteiger partial charge is 0.202 e. The monoisotopic (exact) mass is 313 g/mol. The van der Waals surface area contributed by atoms with Crippen LogP contribution in [0.15, 0.2) is 24.3 Å². The molecule has 1 aromatic heterocycles. The number of rotatable bonds is 4. The Morgan fingerprint density at radius 3 is 2.20 bits per heavy atom. The maximum Gasteiger partial charge on any atom is 0.202 e. The third-order valence-corrected chi connectivity index (χ3v) is 3.30. The first-order valence-corrected chi connectivity index (χ1v) is 6.46. The van der Waals surface area contributed by atoms with Gasteiger partial charge in [0.05, 0.1) is 0 Å². The molecule has 0 amide bonds. The number of halogens is 2. The van der Waals surface area contributed by atoms with Crippen molar-refractivity contribution in [1.29, 1.82) is 0 Å². The van der Waals surface area contributed by atoms with Gasteiger partial charge >= 0.3 is 0 Å². The normalized spacial score (nSPS) is 11.1. The molecule has 0 aliphatic rings. The number of nitrogens with zero attached hydrogens (tertiary/aromatic N) is 2. The number of methoxy groups -OCH3 is 2. The summed E-state index contributed by atoms with van der Waals surface area (Å²) in [7, 11) is 2.98. The van der Waals surface area contributed by atoms with Gasteiger partial charge in [0.2, 0.25) is 6.29 Å². The van der Waals surface area contributed by atoms with Crippen LogP contribution >= 0.6 is 23.2 Å². The lowest BCUT2D eigenvalue weighted by atomic mass is 10.2. The average molecular weight is 314 g/mol. The summed E-state index contributed by atoms with van der Waals surface area (Å²) < 4.78 is 10.3. The van der Waals surface area contributed by atoms with Gasteiger partial charge in [-0.2, -0.15) is 0 Å². The molecule has 0 saturated heterocycles. The highest BCUT2D eigenvalue weighted by Gasteiger charge is 2.20. The molecule has 0 fully saturated rings. The molecule has 0 saturated carbocycles. The standard InChI is InChI=1S/C13H13Cl2N3O2/c1-19-13(20-2)10-9(15)11(16)18-12(17-10)7-3-5-8(14)6-4-7/h3-6,13H,1-2H3,(H2,16,17,18). The highest BCUT2D eigenvalue weighted by Crippen LogP contribution is 2.30. The minimum absolute atomic E-state index is 0.167. The van der Waals surface area contributed by atoms with Gasteiger partial charge in [-0.25, -0.2) is 9.97 Å². The van der Waals surface area contributed by atoms with E-state index in [0.29, 0.717) is 16.5 Å². The van der Waals surface area contributed by atoms with Gasteiger partial charge in [-0.3, -0.25) is 0 Å². The van der Waals surface area contributed by atoms with Crippen LogP contribution in [0, 0.1) is 0 Å². The molecular formula is C13H13Cl2N3O2. The molecule has 1 heterocycles. The molecule has 1 aromatic carbocycles. The van der Waals surface area contributed by atoms with E-state index in [0.717, 1.165) is 5.56 Å². The lowest BCUT2D eigenvalue weighted by Crippen LogP contribution is -2.10. The van der Waals surface area contributed by atoms with E-state index in [-0.39, 0.29) is 10.8 Å². The van der Waals surface area contributed by atoms with E-state index < -0.39 is 6.29 Å². The summed E-state index contributed by atoms with van der Waals surface area (Å²) in [6, 6.07) is 7.08. The molecule has 5 nitrogen and oxygen atoms in total. The van der Waals surface area contributed by atoms with Crippen LogP contribution in [0.5, 0.6) is 0 Å². The molecule has 0 radical (unpaired) electrons. The Morgan fingerprint density at radius 1 is 1.05 bits per heavy atom. The molecule has 2 aromatic rings. The number of ether oxygens (including phenoxy) is 2. The summed E-state index contributed by atoms with van der Waals surface area (Å²) in [4.78, 5) is 8.52. The van der Waals surface area contributed by atoms with Crippen molar-refractivity contribution in [1.82, 2.24) is 9.97 Å². The summed E-state index contributed by atoms with van der Waals surface area (Å²) in [6.45, 7) is 0. The predicted molar refractivity (Wildman–Crippen MR) is 78.7 cm³/mol. The molecule has 2 N–H and O–H groups in total. The number of nitrogens with two attached hydrogens (primary N) is 1. The zero-order valence-electron chi connectivity index (χ0n) is 10.9. The quantitative estimate of drug-likeness (QED) is 0.877. The highest BCUT2D eigenvalue weighted by atomic mass is 35.5. The lowest BCUT2D eigenvalue weighted by molar-refractivity contribution is -0.108. The van der Waals surface area contributed by atoms with Gasteiger partial charge in [-0.1, -0.05) is 23.2 Å². The van der Waals surface area contributed by atoms with Gasteiger partial charge in [0.15, 0.2) is 5.82 Å². The Bertz CT molecular complexity index is 601. The summed E-state index contributed by atoms with van der Waals surface area (Å²) in [6.07, 6.45) is -0.709. The maximum atomic E-state index is 6.10. The Balaban J connectivity index is 2.53. The van der Waals surface area contributed by atoms with Crippen LogP contribution < -0.4 is 5.73 Å². The van der Waals surface area contributed by atoms with Crippen molar-refractivity contribution in [3.63, 3.8) is 0 Å².